The minimum atomic E-state index is -2.85. The molecule has 0 aliphatic rings. The standard InChI is InChI=1S/C14H23NO2S/c1-4-18(16,17)10-9-15-11-13-5-7-14(8-6-13)12(2)3/h5-8,12,15H,4,9-11H2,1-3H3. The molecule has 0 amide bonds. The Balaban J connectivity index is 2.36. The van der Waals surface area contributed by atoms with E-state index >= 15 is 0 Å². The maximum absolute atomic E-state index is 11.3. The topological polar surface area (TPSA) is 46.2 Å². The van der Waals surface area contributed by atoms with Crippen molar-refractivity contribution in [3.8, 4) is 0 Å². The molecule has 0 radical (unpaired) electrons. The highest BCUT2D eigenvalue weighted by Crippen LogP contribution is 2.14. The van der Waals surface area contributed by atoms with Gasteiger partial charge in [0, 0.05) is 18.8 Å². The van der Waals surface area contributed by atoms with Crippen LogP contribution in [0, 0.1) is 0 Å². The first-order chi connectivity index (χ1) is 8.44. The zero-order chi connectivity index (χ0) is 13.6. The van der Waals surface area contributed by atoms with Gasteiger partial charge in [-0.25, -0.2) is 8.42 Å². The van der Waals surface area contributed by atoms with Crippen molar-refractivity contribution in [3.05, 3.63) is 35.4 Å². The van der Waals surface area contributed by atoms with Crippen LogP contribution >= 0.6 is 0 Å². The second-order valence-corrected chi connectivity index (χ2v) is 7.28. The van der Waals surface area contributed by atoms with E-state index in [0.717, 1.165) is 6.54 Å². The number of hydrogen-bond acceptors (Lipinski definition) is 3. The Hall–Kier alpha value is -0.870. The third-order valence-electron chi connectivity index (χ3n) is 3.01. The quantitative estimate of drug-likeness (QED) is 0.773. The molecule has 0 aliphatic heterocycles. The second kappa shape index (κ2) is 6.90. The van der Waals surface area contributed by atoms with Crippen LogP contribution in [0.1, 0.15) is 37.8 Å². The first kappa shape index (κ1) is 15.2. The number of nitrogens with one attached hydrogen (secondary N) is 1. The van der Waals surface area contributed by atoms with Crippen LogP contribution in [-0.2, 0) is 16.4 Å². The monoisotopic (exact) mass is 269 g/mol. The third-order valence-corrected chi connectivity index (χ3v) is 4.71. The summed E-state index contributed by atoms with van der Waals surface area (Å²) in [6.45, 7) is 7.26. The Morgan fingerprint density at radius 3 is 2.28 bits per heavy atom. The molecular formula is C14H23NO2S. The van der Waals surface area contributed by atoms with Crippen LogP contribution in [0.4, 0.5) is 0 Å². The Bertz CT molecular complexity index is 449. The fourth-order valence-corrected chi connectivity index (χ4v) is 2.37. The molecule has 3 nitrogen and oxygen atoms in total. The summed E-state index contributed by atoms with van der Waals surface area (Å²) in [5.74, 6) is 0.979. The summed E-state index contributed by atoms with van der Waals surface area (Å²) in [4.78, 5) is 0. The van der Waals surface area contributed by atoms with E-state index in [9.17, 15) is 8.42 Å². The van der Waals surface area contributed by atoms with Gasteiger partial charge < -0.3 is 5.32 Å². The molecular weight excluding hydrogens is 246 g/mol. The van der Waals surface area contributed by atoms with Crippen molar-refractivity contribution in [2.24, 2.45) is 0 Å². The molecule has 1 N–H and O–H groups in total. The number of benzene rings is 1. The van der Waals surface area contributed by atoms with Gasteiger partial charge in [-0.3, -0.25) is 0 Å². The average Bonchev–Trinajstić information content (AvgIpc) is 2.35. The summed E-state index contributed by atoms with van der Waals surface area (Å²) in [6, 6.07) is 8.45. The van der Waals surface area contributed by atoms with Gasteiger partial charge in [0.15, 0.2) is 9.84 Å². The van der Waals surface area contributed by atoms with Crippen LogP contribution in [0.5, 0.6) is 0 Å². The number of sulfone groups is 1. The molecule has 1 rings (SSSR count). The molecule has 0 bridgehead atoms. The van der Waals surface area contributed by atoms with E-state index < -0.39 is 9.84 Å². The largest absolute Gasteiger partial charge is 0.312 e. The Kier molecular flexibility index (Phi) is 5.82. The highest BCUT2D eigenvalue weighted by Gasteiger charge is 2.06. The van der Waals surface area contributed by atoms with Crippen LogP contribution in [0.2, 0.25) is 0 Å². The second-order valence-electron chi connectivity index (χ2n) is 4.81. The Morgan fingerprint density at radius 2 is 1.78 bits per heavy atom. The van der Waals surface area contributed by atoms with E-state index in [0.29, 0.717) is 12.5 Å². The molecule has 0 aliphatic carbocycles. The highest BCUT2D eigenvalue weighted by atomic mass is 32.2. The number of rotatable bonds is 7. The molecule has 0 heterocycles. The van der Waals surface area contributed by atoms with Gasteiger partial charge in [0.1, 0.15) is 0 Å². The van der Waals surface area contributed by atoms with Crippen LogP contribution < -0.4 is 5.32 Å². The third kappa shape index (κ3) is 5.19. The fourth-order valence-electron chi connectivity index (χ4n) is 1.63. The van der Waals surface area contributed by atoms with E-state index in [1.54, 1.807) is 6.92 Å². The lowest BCUT2D eigenvalue weighted by Crippen LogP contribution is -2.23. The lowest BCUT2D eigenvalue weighted by atomic mass is 10.0. The lowest BCUT2D eigenvalue weighted by Gasteiger charge is -2.08. The molecule has 18 heavy (non-hydrogen) atoms. The summed E-state index contributed by atoms with van der Waals surface area (Å²) in [7, 11) is -2.85. The van der Waals surface area contributed by atoms with Crippen molar-refractivity contribution in [2.75, 3.05) is 18.1 Å². The molecule has 0 atom stereocenters. The number of hydrogen-bond donors (Lipinski definition) is 1. The lowest BCUT2D eigenvalue weighted by molar-refractivity contribution is 0.592. The van der Waals surface area contributed by atoms with Crippen molar-refractivity contribution in [1.82, 2.24) is 5.32 Å². The molecule has 0 saturated carbocycles. The SMILES string of the molecule is CCS(=O)(=O)CCNCc1ccc(C(C)C)cc1. The molecule has 0 fully saturated rings. The van der Waals surface area contributed by atoms with Gasteiger partial charge in [-0.1, -0.05) is 45.0 Å². The van der Waals surface area contributed by atoms with Gasteiger partial charge in [-0.15, -0.1) is 0 Å². The van der Waals surface area contributed by atoms with Crippen LogP contribution in [0.25, 0.3) is 0 Å². The molecule has 102 valence electrons. The molecule has 4 heteroatoms. The normalized spacial score (nSPS) is 12.0. The smallest absolute Gasteiger partial charge is 0.151 e. The molecule has 1 aromatic rings. The maximum atomic E-state index is 11.3. The molecule has 0 saturated heterocycles. The fraction of sp³-hybridized carbons (Fsp3) is 0.571. The van der Waals surface area contributed by atoms with E-state index in [2.05, 4.69) is 43.4 Å². The minimum absolute atomic E-state index is 0.216. The summed E-state index contributed by atoms with van der Waals surface area (Å²) in [5, 5.41) is 3.16. The minimum Gasteiger partial charge on any atom is -0.312 e. The Morgan fingerprint density at radius 1 is 1.17 bits per heavy atom. The van der Waals surface area contributed by atoms with Crippen molar-refractivity contribution < 1.29 is 8.42 Å². The first-order valence-electron chi connectivity index (χ1n) is 6.44. The molecule has 0 unspecified atom stereocenters. The summed E-state index contributed by atoms with van der Waals surface area (Å²) in [5.41, 5.74) is 2.51. The van der Waals surface area contributed by atoms with Gasteiger partial charge >= 0.3 is 0 Å². The van der Waals surface area contributed by atoms with E-state index in [1.807, 2.05) is 0 Å². The van der Waals surface area contributed by atoms with Crippen LogP contribution in [0.3, 0.4) is 0 Å². The average molecular weight is 269 g/mol. The predicted molar refractivity (Wildman–Crippen MR) is 76.6 cm³/mol. The van der Waals surface area contributed by atoms with Crippen molar-refractivity contribution >= 4 is 9.84 Å². The molecule has 0 spiro atoms. The van der Waals surface area contributed by atoms with Gasteiger partial charge in [-0.05, 0) is 17.0 Å². The molecule has 1 aromatic carbocycles. The van der Waals surface area contributed by atoms with Crippen molar-refractivity contribution in [1.29, 1.82) is 0 Å². The van der Waals surface area contributed by atoms with Crippen LogP contribution in [-0.4, -0.2) is 26.5 Å². The first-order valence-corrected chi connectivity index (χ1v) is 8.26. The summed E-state index contributed by atoms with van der Waals surface area (Å²) < 4.78 is 22.6. The van der Waals surface area contributed by atoms with E-state index in [1.165, 1.54) is 11.1 Å². The van der Waals surface area contributed by atoms with Gasteiger partial charge in [0.2, 0.25) is 0 Å². The van der Waals surface area contributed by atoms with Crippen molar-refractivity contribution in [3.63, 3.8) is 0 Å². The predicted octanol–water partition coefficient (Wildman–Crippen LogP) is 2.33. The highest BCUT2D eigenvalue weighted by molar-refractivity contribution is 7.91. The van der Waals surface area contributed by atoms with E-state index in [-0.39, 0.29) is 11.5 Å². The zero-order valence-electron chi connectivity index (χ0n) is 11.4. The molecule has 0 aromatic heterocycles. The summed E-state index contributed by atoms with van der Waals surface area (Å²) in [6.07, 6.45) is 0. The van der Waals surface area contributed by atoms with Crippen LogP contribution in [0.15, 0.2) is 24.3 Å². The van der Waals surface area contributed by atoms with Gasteiger partial charge in [0.05, 0.1) is 5.75 Å². The maximum Gasteiger partial charge on any atom is 0.151 e. The van der Waals surface area contributed by atoms with E-state index in [4.69, 9.17) is 0 Å². The summed E-state index contributed by atoms with van der Waals surface area (Å²) >= 11 is 0. The Labute approximate surface area is 111 Å². The van der Waals surface area contributed by atoms with Crippen molar-refractivity contribution in [2.45, 2.75) is 33.2 Å². The zero-order valence-corrected chi connectivity index (χ0v) is 12.3. The van der Waals surface area contributed by atoms with Gasteiger partial charge in [-0.2, -0.15) is 0 Å². The van der Waals surface area contributed by atoms with Gasteiger partial charge in [0.25, 0.3) is 0 Å².